The molecular formula is C23H23FN2O. The summed E-state index contributed by atoms with van der Waals surface area (Å²) in [7, 11) is 0. The van der Waals surface area contributed by atoms with E-state index in [9.17, 15) is 9.18 Å². The zero-order valence-corrected chi connectivity index (χ0v) is 15.3. The molecule has 0 bridgehead atoms. The summed E-state index contributed by atoms with van der Waals surface area (Å²) in [5, 5.41) is 2.11. The van der Waals surface area contributed by atoms with Crippen molar-refractivity contribution >= 4 is 16.7 Å². The first-order chi connectivity index (χ1) is 13.2. The van der Waals surface area contributed by atoms with Crippen molar-refractivity contribution in [3.63, 3.8) is 0 Å². The van der Waals surface area contributed by atoms with E-state index in [1.807, 2.05) is 59.5 Å². The largest absolute Gasteiger partial charge is 0.337 e. The minimum atomic E-state index is -0.207. The fourth-order valence-corrected chi connectivity index (χ4v) is 3.76. The molecule has 3 aromatic carbocycles. The van der Waals surface area contributed by atoms with Gasteiger partial charge in [-0.3, -0.25) is 9.69 Å². The van der Waals surface area contributed by atoms with Gasteiger partial charge in [0.05, 0.1) is 0 Å². The topological polar surface area (TPSA) is 23.6 Å². The van der Waals surface area contributed by atoms with Gasteiger partial charge < -0.3 is 4.90 Å². The monoisotopic (exact) mass is 362 g/mol. The molecule has 1 heterocycles. The van der Waals surface area contributed by atoms with E-state index in [1.54, 1.807) is 0 Å². The highest BCUT2D eigenvalue weighted by Gasteiger charge is 2.21. The zero-order valence-electron chi connectivity index (χ0n) is 15.3. The van der Waals surface area contributed by atoms with E-state index in [0.29, 0.717) is 6.54 Å². The lowest BCUT2D eigenvalue weighted by atomic mass is 10.0. The van der Waals surface area contributed by atoms with Gasteiger partial charge in [0.1, 0.15) is 5.82 Å². The van der Waals surface area contributed by atoms with Gasteiger partial charge in [-0.15, -0.1) is 0 Å². The molecule has 0 saturated carbocycles. The number of halogens is 1. The number of amides is 1. The van der Waals surface area contributed by atoms with Crippen LogP contribution in [0.3, 0.4) is 0 Å². The second kappa shape index (κ2) is 7.89. The highest BCUT2D eigenvalue weighted by molar-refractivity contribution is 6.07. The van der Waals surface area contributed by atoms with Crippen molar-refractivity contribution in [2.24, 2.45) is 0 Å². The van der Waals surface area contributed by atoms with Crippen molar-refractivity contribution in [1.82, 2.24) is 9.80 Å². The predicted molar refractivity (Wildman–Crippen MR) is 106 cm³/mol. The molecule has 4 heteroatoms. The quantitative estimate of drug-likeness (QED) is 0.692. The Hall–Kier alpha value is -2.72. The second-order valence-corrected chi connectivity index (χ2v) is 7.08. The van der Waals surface area contributed by atoms with Crippen molar-refractivity contribution in [3.05, 3.63) is 83.7 Å². The number of nitrogens with zero attached hydrogens (tertiary/aromatic N) is 2. The van der Waals surface area contributed by atoms with Gasteiger partial charge in [0.25, 0.3) is 5.91 Å². The lowest BCUT2D eigenvalue weighted by molar-refractivity contribution is 0.0763. The number of hydrogen-bond acceptors (Lipinski definition) is 2. The first-order valence-corrected chi connectivity index (χ1v) is 9.44. The van der Waals surface area contributed by atoms with Gasteiger partial charge in [-0.2, -0.15) is 0 Å². The summed E-state index contributed by atoms with van der Waals surface area (Å²) in [6.07, 6.45) is 0.942. The molecule has 1 amide bonds. The predicted octanol–water partition coefficient (Wildman–Crippen LogP) is 4.33. The summed E-state index contributed by atoms with van der Waals surface area (Å²) in [4.78, 5) is 17.4. The van der Waals surface area contributed by atoms with Crippen molar-refractivity contribution in [2.75, 3.05) is 26.2 Å². The molecule has 0 aliphatic carbocycles. The highest BCUT2D eigenvalue weighted by Crippen LogP contribution is 2.21. The van der Waals surface area contributed by atoms with Gasteiger partial charge >= 0.3 is 0 Å². The number of fused-ring (bicyclic) bond motifs is 1. The Labute approximate surface area is 159 Å². The van der Waals surface area contributed by atoms with Crippen LogP contribution in [0.15, 0.2) is 66.7 Å². The maximum Gasteiger partial charge on any atom is 0.254 e. The molecule has 0 aromatic heterocycles. The molecule has 138 valence electrons. The molecule has 3 aromatic rings. The smallest absolute Gasteiger partial charge is 0.254 e. The molecule has 0 atom stereocenters. The Morgan fingerprint density at radius 1 is 0.852 bits per heavy atom. The average Bonchev–Trinajstić information content (AvgIpc) is 2.94. The fourth-order valence-electron chi connectivity index (χ4n) is 3.76. The Morgan fingerprint density at radius 3 is 2.48 bits per heavy atom. The third-order valence-electron chi connectivity index (χ3n) is 5.22. The summed E-state index contributed by atoms with van der Waals surface area (Å²) in [5.74, 6) is -0.100. The van der Waals surface area contributed by atoms with Crippen molar-refractivity contribution in [1.29, 1.82) is 0 Å². The Bertz CT molecular complexity index is 933. The maximum absolute atomic E-state index is 13.1. The number of benzene rings is 3. The van der Waals surface area contributed by atoms with Crippen LogP contribution in [0.1, 0.15) is 22.3 Å². The normalized spacial score (nSPS) is 15.7. The van der Waals surface area contributed by atoms with Gasteiger partial charge in [0, 0.05) is 38.3 Å². The van der Waals surface area contributed by atoms with E-state index in [1.165, 1.54) is 12.1 Å². The van der Waals surface area contributed by atoms with Crippen molar-refractivity contribution in [3.8, 4) is 0 Å². The molecule has 0 radical (unpaired) electrons. The molecule has 27 heavy (non-hydrogen) atoms. The number of rotatable bonds is 3. The molecule has 4 rings (SSSR count). The van der Waals surface area contributed by atoms with Crippen molar-refractivity contribution < 1.29 is 9.18 Å². The van der Waals surface area contributed by atoms with Crippen LogP contribution < -0.4 is 0 Å². The summed E-state index contributed by atoms with van der Waals surface area (Å²) in [6.45, 7) is 4.03. The third-order valence-corrected chi connectivity index (χ3v) is 5.22. The third kappa shape index (κ3) is 4.01. The first-order valence-electron chi connectivity index (χ1n) is 9.44. The van der Waals surface area contributed by atoms with Crippen LogP contribution in [-0.2, 0) is 6.54 Å². The van der Waals surface area contributed by atoms with Gasteiger partial charge in [0.2, 0.25) is 0 Å². The summed E-state index contributed by atoms with van der Waals surface area (Å²) < 4.78 is 13.1. The van der Waals surface area contributed by atoms with Gasteiger partial charge in [0.15, 0.2) is 0 Å². The molecule has 0 spiro atoms. The summed E-state index contributed by atoms with van der Waals surface area (Å²) in [5.41, 5.74) is 1.88. The van der Waals surface area contributed by atoms with E-state index < -0.39 is 0 Å². The molecule has 0 N–H and O–H groups in total. The van der Waals surface area contributed by atoms with E-state index in [0.717, 1.165) is 54.5 Å². The Morgan fingerprint density at radius 2 is 1.63 bits per heavy atom. The van der Waals surface area contributed by atoms with Crippen LogP contribution in [0.5, 0.6) is 0 Å². The van der Waals surface area contributed by atoms with E-state index in [-0.39, 0.29) is 11.7 Å². The van der Waals surface area contributed by atoms with E-state index >= 15 is 0 Å². The molecule has 1 fully saturated rings. The lowest BCUT2D eigenvalue weighted by Gasteiger charge is -2.22. The van der Waals surface area contributed by atoms with Crippen LogP contribution >= 0.6 is 0 Å². The first kappa shape index (κ1) is 17.7. The summed E-state index contributed by atoms with van der Waals surface area (Å²) >= 11 is 0. The SMILES string of the molecule is O=C(c1cccc2ccccc12)N1CCCN(Cc2ccc(F)cc2)CC1. The van der Waals surface area contributed by atoms with Gasteiger partial charge in [-0.1, -0.05) is 48.5 Å². The summed E-state index contributed by atoms with van der Waals surface area (Å²) in [6, 6.07) is 20.6. The van der Waals surface area contributed by atoms with Gasteiger partial charge in [-0.25, -0.2) is 4.39 Å². The van der Waals surface area contributed by atoms with Crippen LogP contribution in [-0.4, -0.2) is 41.9 Å². The minimum Gasteiger partial charge on any atom is -0.337 e. The van der Waals surface area contributed by atoms with Crippen molar-refractivity contribution in [2.45, 2.75) is 13.0 Å². The highest BCUT2D eigenvalue weighted by atomic mass is 19.1. The van der Waals surface area contributed by atoms with E-state index in [4.69, 9.17) is 0 Å². The number of hydrogen-bond donors (Lipinski definition) is 0. The van der Waals surface area contributed by atoms with E-state index in [2.05, 4.69) is 4.90 Å². The lowest BCUT2D eigenvalue weighted by Crippen LogP contribution is -2.35. The Balaban J connectivity index is 1.46. The molecule has 1 saturated heterocycles. The van der Waals surface area contributed by atoms with Crippen LogP contribution in [0.2, 0.25) is 0 Å². The van der Waals surface area contributed by atoms with Crippen LogP contribution in [0, 0.1) is 5.82 Å². The minimum absolute atomic E-state index is 0.107. The number of carbonyl (C=O) groups is 1. The van der Waals surface area contributed by atoms with Crippen LogP contribution in [0.4, 0.5) is 4.39 Å². The molecule has 1 aliphatic heterocycles. The molecular weight excluding hydrogens is 339 g/mol. The van der Waals surface area contributed by atoms with Gasteiger partial charge in [-0.05, 0) is 41.0 Å². The molecule has 1 aliphatic rings. The molecule has 0 unspecified atom stereocenters. The number of carbonyl (C=O) groups excluding carboxylic acids is 1. The standard InChI is InChI=1S/C23H23FN2O/c24-20-11-9-18(10-12-20)17-25-13-4-14-26(16-15-25)23(27)22-8-3-6-19-5-1-2-7-21(19)22/h1-3,5-12H,4,13-17H2. The second-order valence-electron chi connectivity index (χ2n) is 7.08. The fraction of sp³-hybridized carbons (Fsp3) is 0.261. The zero-order chi connectivity index (χ0) is 18.6. The Kier molecular flexibility index (Phi) is 5.16. The maximum atomic E-state index is 13.1. The van der Waals surface area contributed by atoms with Crippen LogP contribution in [0.25, 0.3) is 10.8 Å². The molecule has 3 nitrogen and oxygen atoms in total. The average molecular weight is 362 g/mol.